The van der Waals surface area contributed by atoms with Crippen LogP contribution in [0.25, 0.3) is 16.9 Å². The van der Waals surface area contributed by atoms with Crippen molar-refractivity contribution in [3.05, 3.63) is 57.2 Å². The maximum atomic E-state index is 13.4. The van der Waals surface area contributed by atoms with Crippen molar-refractivity contribution in [3.63, 3.8) is 0 Å². The number of halogens is 1. The Labute approximate surface area is 166 Å². The summed E-state index contributed by atoms with van der Waals surface area (Å²) in [5.74, 6) is -0.179. The molecule has 4 rings (SSSR count). The Morgan fingerprint density at radius 3 is 2.41 bits per heavy atom. The molecule has 7 nitrogen and oxygen atoms in total. The highest BCUT2D eigenvalue weighted by molar-refractivity contribution is 5.85. The second kappa shape index (κ2) is 6.79. The van der Waals surface area contributed by atoms with Crippen molar-refractivity contribution in [2.75, 3.05) is 0 Å². The first-order valence-corrected chi connectivity index (χ1v) is 9.67. The number of imidazole rings is 1. The van der Waals surface area contributed by atoms with Crippen LogP contribution in [-0.2, 0) is 17.9 Å². The van der Waals surface area contributed by atoms with E-state index >= 15 is 0 Å². The third-order valence-corrected chi connectivity index (χ3v) is 5.27. The topological polar surface area (TPSA) is 78.9 Å². The molecule has 2 aromatic heterocycles. The largest absolute Gasteiger partial charge is 0.337 e. The molecule has 0 unspecified atom stereocenters. The quantitative estimate of drug-likeness (QED) is 0.662. The first-order valence-electron chi connectivity index (χ1n) is 9.67. The van der Waals surface area contributed by atoms with Crippen LogP contribution < -0.4 is 11.2 Å². The van der Waals surface area contributed by atoms with Crippen molar-refractivity contribution in [2.24, 2.45) is 11.3 Å². The van der Waals surface area contributed by atoms with Crippen LogP contribution in [0.1, 0.15) is 33.6 Å². The molecule has 0 atom stereocenters. The maximum absolute atomic E-state index is 13.4. The molecule has 1 aliphatic rings. The zero-order chi connectivity index (χ0) is 20.9. The molecule has 0 amide bonds. The smallest absolute Gasteiger partial charge is 0.317 e. The number of nitrogens with zero attached hydrogens (tertiary/aromatic N) is 4. The van der Waals surface area contributed by atoms with E-state index in [-0.39, 0.29) is 23.5 Å². The van der Waals surface area contributed by atoms with E-state index in [1.807, 2.05) is 20.8 Å². The summed E-state index contributed by atoms with van der Waals surface area (Å²) in [4.78, 5) is 43.2. The Morgan fingerprint density at radius 1 is 1.17 bits per heavy atom. The number of Topliss-reactive ketones (excluding diaryl/α,β-unsaturated/α-hetero) is 1. The van der Waals surface area contributed by atoms with Gasteiger partial charge in [-0.25, -0.2) is 18.7 Å². The zero-order valence-electron chi connectivity index (χ0n) is 16.7. The minimum Gasteiger partial charge on any atom is -0.317 e. The van der Waals surface area contributed by atoms with Gasteiger partial charge < -0.3 is 4.57 Å². The van der Waals surface area contributed by atoms with Gasteiger partial charge in [0, 0.05) is 12.0 Å². The third-order valence-electron chi connectivity index (χ3n) is 5.27. The molecule has 0 bridgehead atoms. The van der Waals surface area contributed by atoms with Gasteiger partial charge in [0.1, 0.15) is 5.82 Å². The first-order chi connectivity index (χ1) is 13.7. The lowest BCUT2D eigenvalue weighted by Gasteiger charge is -2.17. The average Bonchev–Trinajstić information content (AvgIpc) is 3.38. The first kappa shape index (κ1) is 19.3. The summed E-state index contributed by atoms with van der Waals surface area (Å²) < 4.78 is 17.4. The number of fused-ring (bicyclic) bond motifs is 1. The molecule has 0 saturated heterocycles. The monoisotopic (exact) mass is 398 g/mol. The van der Waals surface area contributed by atoms with Gasteiger partial charge in [0.25, 0.3) is 5.56 Å². The van der Waals surface area contributed by atoms with Crippen LogP contribution in [0, 0.1) is 17.2 Å². The number of carbonyl (C=O) groups is 1. The molecule has 2 heterocycles. The number of rotatable bonds is 5. The van der Waals surface area contributed by atoms with Crippen LogP contribution in [0.4, 0.5) is 4.39 Å². The van der Waals surface area contributed by atoms with Crippen molar-refractivity contribution >= 4 is 16.9 Å². The van der Waals surface area contributed by atoms with Gasteiger partial charge in [-0.2, -0.15) is 0 Å². The van der Waals surface area contributed by atoms with E-state index in [0.717, 1.165) is 12.8 Å². The molecular formula is C21H23FN4O3. The molecule has 0 spiro atoms. The van der Waals surface area contributed by atoms with E-state index < -0.39 is 22.5 Å². The highest BCUT2D eigenvalue weighted by Crippen LogP contribution is 2.30. The van der Waals surface area contributed by atoms with E-state index in [4.69, 9.17) is 0 Å². The molecule has 1 saturated carbocycles. The van der Waals surface area contributed by atoms with Gasteiger partial charge in [-0.05, 0) is 43.0 Å². The Hall–Kier alpha value is -3.03. The van der Waals surface area contributed by atoms with Gasteiger partial charge >= 0.3 is 5.69 Å². The lowest BCUT2D eigenvalue weighted by Crippen LogP contribution is -2.40. The van der Waals surface area contributed by atoms with E-state index in [9.17, 15) is 18.8 Å². The second-order valence-corrected chi connectivity index (χ2v) is 8.67. The fraction of sp³-hybridized carbons (Fsp3) is 0.429. The van der Waals surface area contributed by atoms with Gasteiger partial charge in [-0.15, -0.1) is 0 Å². The van der Waals surface area contributed by atoms with Gasteiger partial charge in [-0.3, -0.25) is 14.2 Å². The van der Waals surface area contributed by atoms with Gasteiger partial charge in [0.2, 0.25) is 0 Å². The highest BCUT2D eigenvalue weighted by atomic mass is 19.1. The molecule has 152 valence electrons. The fourth-order valence-corrected chi connectivity index (χ4v) is 3.23. The summed E-state index contributed by atoms with van der Waals surface area (Å²) in [6, 6.07) is 5.46. The summed E-state index contributed by atoms with van der Waals surface area (Å²) in [6.07, 6.45) is 3.36. The number of aromatic nitrogens is 4. The Kier molecular flexibility index (Phi) is 4.52. The third kappa shape index (κ3) is 3.54. The summed E-state index contributed by atoms with van der Waals surface area (Å²) in [5.41, 5.74) is -0.747. The predicted octanol–water partition coefficient (Wildman–Crippen LogP) is 2.51. The van der Waals surface area contributed by atoms with Crippen LogP contribution in [0.15, 0.2) is 40.2 Å². The summed E-state index contributed by atoms with van der Waals surface area (Å²) in [5, 5.41) is 0. The average molecular weight is 398 g/mol. The summed E-state index contributed by atoms with van der Waals surface area (Å²) >= 11 is 0. The molecule has 3 aromatic rings. The van der Waals surface area contributed by atoms with Gasteiger partial charge in [0.05, 0.1) is 18.6 Å². The lowest BCUT2D eigenvalue weighted by molar-refractivity contribution is -0.126. The van der Waals surface area contributed by atoms with Crippen LogP contribution in [-0.4, -0.2) is 24.5 Å². The molecule has 0 N–H and O–H groups in total. The van der Waals surface area contributed by atoms with Crippen LogP contribution in [0.2, 0.25) is 0 Å². The van der Waals surface area contributed by atoms with E-state index in [0.29, 0.717) is 18.2 Å². The second-order valence-electron chi connectivity index (χ2n) is 8.67. The number of hydrogen-bond acceptors (Lipinski definition) is 4. The standard InChI is InChI=1S/C21H23FN4O3/c1-21(2,3)16(27)11-24-12-23-18-17(24)19(28)25(10-13-4-5-13)20(29)26(18)15-8-6-14(22)7-9-15/h6-9,12-13H,4-5,10-11H2,1-3H3. The molecular weight excluding hydrogens is 375 g/mol. The maximum Gasteiger partial charge on any atom is 0.337 e. The molecule has 1 aliphatic carbocycles. The van der Waals surface area contributed by atoms with Crippen molar-refractivity contribution in [1.82, 2.24) is 18.7 Å². The highest BCUT2D eigenvalue weighted by Gasteiger charge is 2.28. The summed E-state index contributed by atoms with van der Waals surface area (Å²) in [6.45, 7) is 5.75. The SMILES string of the molecule is CC(C)(C)C(=O)Cn1cnc2c1c(=O)n(CC1CC1)c(=O)n2-c1ccc(F)cc1. The normalized spacial score (nSPS) is 14.5. The van der Waals surface area contributed by atoms with E-state index in [2.05, 4.69) is 4.98 Å². The van der Waals surface area contributed by atoms with Crippen LogP contribution >= 0.6 is 0 Å². The number of carbonyl (C=O) groups excluding carboxylic acids is 1. The predicted molar refractivity (Wildman–Crippen MR) is 107 cm³/mol. The minimum absolute atomic E-state index is 0.0136. The van der Waals surface area contributed by atoms with Gasteiger partial charge in [-0.1, -0.05) is 20.8 Å². The van der Waals surface area contributed by atoms with E-state index in [1.54, 1.807) is 0 Å². The van der Waals surface area contributed by atoms with Crippen molar-refractivity contribution < 1.29 is 9.18 Å². The number of hydrogen-bond donors (Lipinski definition) is 0. The molecule has 8 heteroatoms. The van der Waals surface area contributed by atoms with E-state index in [1.165, 1.54) is 44.3 Å². The van der Waals surface area contributed by atoms with Gasteiger partial charge in [0.15, 0.2) is 16.9 Å². The number of benzene rings is 1. The van der Waals surface area contributed by atoms with Crippen LogP contribution in [0.5, 0.6) is 0 Å². The zero-order valence-corrected chi connectivity index (χ0v) is 16.7. The summed E-state index contributed by atoms with van der Waals surface area (Å²) in [7, 11) is 0. The molecule has 0 radical (unpaired) electrons. The molecule has 1 fully saturated rings. The molecule has 29 heavy (non-hydrogen) atoms. The Balaban J connectivity index is 1.96. The lowest BCUT2D eigenvalue weighted by atomic mass is 9.91. The van der Waals surface area contributed by atoms with Crippen molar-refractivity contribution in [3.8, 4) is 5.69 Å². The van der Waals surface area contributed by atoms with Crippen molar-refractivity contribution in [2.45, 2.75) is 46.7 Å². The fourth-order valence-electron chi connectivity index (χ4n) is 3.23. The Morgan fingerprint density at radius 2 is 1.83 bits per heavy atom. The van der Waals surface area contributed by atoms with Crippen molar-refractivity contribution in [1.29, 1.82) is 0 Å². The Bertz CT molecular complexity index is 1210. The van der Waals surface area contributed by atoms with Crippen LogP contribution in [0.3, 0.4) is 0 Å². The molecule has 0 aliphatic heterocycles. The minimum atomic E-state index is -0.574. The molecule has 1 aromatic carbocycles. The number of ketones is 1.